The largest absolute Gasteiger partial charge is 0.383 e. The fourth-order valence-corrected chi connectivity index (χ4v) is 2.65. The van der Waals surface area contributed by atoms with Crippen LogP contribution >= 0.6 is 12.6 Å². The van der Waals surface area contributed by atoms with Crippen molar-refractivity contribution in [3.05, 3.63) is 35.9 Å². The summed E-state index contributed by atoms with van der Waals surface area (Å²) in [5.74, 6) is 1.27. The molecular formula is C16H27NO2S. The van der Waals surface area contributed by atoms with Gasteiger partial charge in [-0.2, -0.15) is 12.6 Å². The Morgan fingerprint density at radius 3 is 2.40 bits per heavy atom. The maximum absolute atomic E-state index is 5.28. The summed E-state index contributed by atoms with van der Waals surface area (Å²) in [4.78, 5) is 2.42. The van der Waals surface area contributed by atoms with Gasteiger partial charge in [0.2, 0.25) is 0 Å². The van der Waals surface area contributed by atoms with Gasteiger partial charge in [-0.25, -0.2) is 0 Å². The molecule has 0 aliphatic rings. The highest BCUT2D eigenvalue weighted by Gasteiger charge is 2.19. The minimum absolute atomic E-state index is 0.376. The first-order valence-corrected chi connectivity index (χ1v) is 7.73. The smallest absolute Gasteiger partial charge is 0.0615 e. The molecule has 0 aliphatic heterocycles. The molecule has 0 saturated carbocycles. The monoisotopic (exact) mass is 297 g/mol. The zero-order valence-corrected chi connectivity index (χ0v) is 13.7. The highest BCUT2D eigenvalue weighted by molar-refractivity contribution is 7.80. The highest BCUT2D eigenvalue weighted by atomic mass is 32.1. The maximum atomic E-state index is 5.28. The molecule has 0 aromatic heterocycles. The second-order valence-corrected chi connectivity index (χ2v) is 5.45. The van der Waals surface area contributed by atoms with E-state index in [2.05, 4.69) is 54.8 Å². The van der Waals surface area contributed by atoms with E-state index in [0.717, 1.165) is 32.1 Å². The van der Waals surface area contributed by atoms with Gasteiger partial charge in [0.05, 0.1) is 13.2 Å². The Morgan fingerprint density at radius 2 is 1.85 bits per heavy atom. The van der Waals surface area contributed by atoms with Crippen molar-refractivity contribution in [2.75, 3.05) is 46.3 Å². The third-order valence-electron chi connectivity index (χ3n) is 3.56. The van der Waals surface area contributed by atoms with Crippen molar-refractivity contribution in [3.8, 4) is 0 Å². The lowest BCUT2D eigenvalue weighted by Crippen LogP contribution is -2.41. The number of nitrogens with zero attached hydrogens (tertiary/aromatic N) is 1. The van der Waals surface area contributed by atoms with E-state index in [4.69, 9.17) is 9.47 Å². The summed E-state index contributed by atoms with van der Waals surface area (Å²) < 4.78 is 10.5. The van der Waals surface area contributed by atoms with Crippen LogP contribution in [0, 0.1) is 0 Å². The van der Waals surface area contributed by atoms with Crippen LogP contribution in [-0.4, -0.2) is 57.2 Å². The Morgan fingerprint density at radius 1 is 1.15 bits per heavy atom. The van der Waals surface area contributed by atoms with Gasteiger partial charge in [-0.3, -0.25) is 4.90 Å². The SMILES string of the molecule is COCCN(CC(CS)c1ccccc1)C(C)COC. The Kier molecular flexibility index (Phi) is 8.94. The molecule has 114 valence electrons. The molecule has 0 saturated heterocycles. The molecule has 0 heterocycles. The molecule has 2 atom stereocenters. The molecule has 3 nitrogen and oxygen atoms in total. The number of hydrogen-bond donors (Lipinski definition) is 1. The number of methoxy groups -OCH3 is 2. The first-order chi connectivity index (χ1) is 9.72. The second-order valence-electron chi connectivity index (χ2n) is 5.08. The fourth-order valence-electron chi connectivity index (χ4n) is 2.32. The average Bonchev–Trinajstić information content (AvgIpc) is 2.48. The zero-order chi connectivity index (χ0) is 14.8. The molecule has 2 unspecified atom stereocenters. The molecule has 0 N–H and O–H groups in total. The third kappa shape index (κ3) is 5.83. The summed E-state index contributed by atoms with van der Waals surface area (Å²) in [6, 6.07) is 11.0. The van der Waals surface area contributed by atoms with Crippen molar-refractivity contribution in [1.29, 1.82) is 0 Å². The van der Waals surface area contributed by atoms with E-state index < -0.39 is 0 Å². The molecule has 0 aliphatic carbocycles. The summed E-state index contributed by atoms with van der Waals surface area (Å²) in [7, 11) is 3.49. The quantitative estimate of drug-likeness (QED) is 0.671. The fraction of sp³-hybridized carbons (Fsp3) is 0.625. The van der Waals surface area contributed by atoms with Crippen molar-refractivity contribution in [1.82, 2.24) is 4.90 Å². The Balaban J connectivity index is 2.70. The highest BCUT2D eigenvalue weighted by Crippen LogP contribution is 2.19. The van der Waals surface area contributed by atoms with Crippen molar-refractivity contribution in [3.63, 3.8) is 0 Å². The van der Waals surface area contributed by atoms with Crippen LogP contribution in [0.15, 0.2) is 30.3 Å². The van der Waals surface area contributed by atoms with Gasteiger partial charge in [0.25, 0.3) is 0 Å². The van der Waals surface area contributed by atoms with Crippen LogP contribution in [0.5, 0.6) is 0 Å². The first kappa shape index (κ1) is 17.5. The molecule has 1 rings (SSSR count). The van der Waals surface area contributed by atoms with Crippen molar-refractivity contribution in [2.45, 2.75) is 18.9 Å². The molecule has 0 fully saturated rings. The predicted octanol–water partition coefficient (Wildman–Crippen LogP) is 2.68. The summed E-state index contributed by atoms with van der Waals surface area (Å²) >= 11 is 4.52. The number of hydrogen-bond acceptors (Lipinski definition) is 4. The minimum atomic E-state index is 0.376. The van der Waals surface area contributed by atoms with Crippen molar-refractivity contribution in [2.24, 2.45) is 0 Å². The molecule has 1 aromatic carbocycles. The van der Waals surface area contributed by atoms with Crippen LogP contribution in [0.2, 0.25) is 0 Å². The van der Waals surface area contributed by atoms with E-state index in [-0.39, 0.29) is 0 Å². The van der Waals surface area contributed by atoms with Gasteiger partial charge >= 0.3 is 0 Å². The molecular weight excluding hydrogens is 270 g/mol. The molecule has 0 bridgehead atoms. The van der Waals surface area contributed by atoms with Gasteiger partial charge < -0.3 is 9.47 Å². The topological polar surface area (TPSA) is 21.7 Å². The van der Waals surface area contributed by atoms with Crippen molar-refractivity contribution < 1.29 is 9.47 Å². The second kappa shape index (κ2) is 10.2. The Labute approximate surface area is 128 Å². The Hall–Kier alpha value is -0.550. The van der Waals surface area contributed by atoms with Gasteiger partial charge in [0.1, 0.15) is 0 Å². The van der Waals surface area contributed by atoms with Gasteiger partial charge in [-0.05, 0) is 18.2 Å². The normalized spacial score (nSPS) is 14.4. The number of thiol groups is 1. The number of rotatable bonds is 10. The first-order valence-electron chi connectivity index (χ1n) is 7.10. The molecule has 4 heteroatoms. The summed E-state index contributed by atoms with van der Waals surface area (Å²) in [5, 5.41) is 0. The van der Waals surface area contributed by atoms with Crippen LogP contribution in [0.4, 0.5) is 0 Å². The summed E-state index contributed by atoms with van der Waals surface area (Å²) in [6.45, 7) is 5.55. The minimum Gasteiger partial charge on any atom is -0.383 e. The molecule has 0 spiro atoms. The van der Waals surface area contributed by atoms with Crippen LogP contribution in [0.3, 0.4) is 0 Å². The zero-order valence-electron chi connectivity index (χ0n) is 12.8. The van der Waals surface area contributed by atoms with Crippen LogP contribution < -0.4 is 0 Å². The van der Waals surface area contributed by atoms with E-state index in [1.54, 1.807) is 14.2 Å². The molecule has 0 amide bonds. The van der Waals surface area contributed by atoms with E-state index in [0.29, 0.717) is 12.0 Å². The summed E-state index contributed by atoms with van der Waals surface area (Å²) in [5.41, 5.74) is 1.34. The number of benzene rings is 1. The lowest BCUT2D eigenvalue weighted by atomic mass is 10.00. The standard InChI is InChI=1S/C16H27NO2S/c1-14(12-19-3)17(9-10-18-2)11-16(13-20)15-7-5-4-6-8-15/h4-8,14,16,20H,9-13H2,1-3H3. The third-order valence-corrected chi connectivity index (χ3v) is 4.00. The van der Waals surface area contributed by atoms with E-state index >= 15 is 0 Å². The molecule has 1 aromatic rings. The number of ether oxygens (including phenoxy) is 2. The molecule has 20 heavy (non-hydrogen) atoms. The van der Waals surface area contributed by atoms with E-state index in [9.17, 15) is 0 Å². The maximum Gasteiger partial charge on any atom is 0.0615 e. The summed E-state index contributed by atoms with van der Waals surface area (Å²) in [6.07, 6.45) is 0. The van der Waals surface area contributed by atoms with E-state index in [1.165, 1.54) is 5.56 Å². The van der Waals surface area contributed by atoms with Crippen LogP contribution in [0.1, 0.15) is 18.4 Å². The van der Waals surface area contributed by atoms with Gasteiger partial charge in [0.15, 0.2) is 0 Å². The lowest BCUT2D eigenvalue weighted by molar-refractivity contribution is 0.0723. The lowest BCUT2D eigenvalue weighted by Gasteiger charge is -2.31. The molecule has 0 radical (unpaired) electrons. The van der Waals surface area contributed by atoms with Crippen LogP contribution in [0.25, 0.3) is 0 Å². The van der Waals surface area contributed by atoms with Crippen molar-refractivity contribution >= 4 is 12.6 Å². The Bertz CT molecular complexity index is 348. The average molecular weight is 297 g/mol. The predicted molar refractivity (Wildman–Crippen MR) is 87.8 cm³/mol. The van der Waals surface area contributed by atoms with E-state index in [1.807, 2.05) is 0 Å². The van der Waals surface area contributed by atoms with Crippen LogP contribution in [-0.2, 0) is 9.47 Å². The van der Waals surface area contributed by atoms with Gasteiger partial charge in [-0.1, -0.05) is 30.3 Å². The van der Waals surface area contributed by atoms with Gasteiger partial charge in [-0.15, -0.1) is 0 Å². The van der Waals surface area contributed by atoms with Gasteiger partial charge in [0, 0.05) is 39.3 Å².